The molecule has 3 aromatic carbocycles. The van der Waals surface area contributed by atoms with Crippen LogP contribution in [0.4, 0.5) is 20.3 Å². The number of rotatable bonds is 10. The fraction of sp³-hybridized carbons (Fsp3) is 0.212. The Morgan fingerprint density at radius 2 is 1.70 bits per heavy atom. The van der Waals surface area contributed by atoms with Crippen LogP contribution in [0.25, 0.3) is 33.2 Å². The van der Waals surface area contributed by atoms with Crippen molar-refractivity contribution in [3.8, 4) is 28.1 Å². The molecule has 3 N–H and O–H groups in total. The number of aromatic nitrogens is 2. The lowest BCUT2D eigenvalue weighted by Crippen LogP contribution is -2.22. The van der Waals surface area contributed by atoms with Crippen molar-refractivity contribution in [2.75, 3.05) is 30.7 Å². The van der Waals surface area contributed by atoms with Gasteiger partial charge in [0.2, 0.25) is 5.88 Å². The molecule has 44 heavy (non-hydrogen) atoms. The van der Waals surface area contributed by atoms with Crippen LogP contribution in [0.1, 0.15) is 25.0 Å². The number of halogens is 2. The van der Waals surface area contributed by atoms with Crippen LogP contribution >= 0.6 is 0 Å². The van der Waals surface area contributed by atoms with Crippen molar-refractivity contribution in [1.29, 1.82) is 0 Å². The number of nitrogens with two attached hydrogens (primary N) is 1. The first-order valence-corrected chi connectivity index (χ1v) is 15.6. The molecule has 0 saturated heterocycles. The number of hydrogen-bond acceptors (Lipinski definition) is 7. The first kappa shape index (κ1) is 30.8. The lowest BCUT2D eigenvalue weighted by molar-refractivity contribution is 0.296. The third kappa shape index (κ3) is 6.34. The number of fused-ring (bicyclic) bond motifs is 1. The first-order chi connectivity index (χ1) is 21.0. The molecule has 0 atom stereocenters. The summed E-state index contributed by atoms with van der Waals surface area (Å²) in [6.45, 7) is 9.18. The second kappa shape index (κ2) is 12.6. The second-order valence-electron chi connectivity index (χ2n) is 10.4. The van der Waals surface area contributed by atoms with Crippen molar-refractivity contribution in [2.45, 2.75) is 32.2 Å². The summed E-state index contributed by atoms with van der Waals surface area (Å²) in [7, 11) is -3.09. The molecule has 2 heterocycles. The molecule has 0 aliphatic carbocycles. The molecule has 8 nitrogen and oxygen atoms in total. The van der Waals surface area contributed by atoms with Gasteiger partial charge in [-0.05, 0) is 78.7 Å². The molecule has 0 radical (unpaired) electrons. The maximum absolute atomic E-state index is 14.3. The molecule has 228 valence electrons. The van der Waals surface area contributed by atoms with E-state index in [0.29, 0.717) is 23.0 Å². The summed E-state index contributed by atoms with van der Waals surface area (Å²) in [4.78, 5) is 10.6. The van der Waals surface area contributed by atoms with E-state index in [2.05, 4.69) is 58.6 Å². The number of anilines is 2. The summed E-state index contributed by atoms with van der Waals surface area (Å²) >= 11 is 0. The second-order valence-corrected chi connectivity index (χ2v) is 12.1. The molecule has 11 heteroatoms. The largest absolute Gasteiger partial charge is 0.480 e. The SMILES string of the molecule is CCN(CC)Cc1ccc(-c2cc3cc(-c4cnc(OC)c(NS(=O)(=O)c5ccc(F)cc5F)c4)ccc3nc2N)c(C)c1. The van der Waals surface area contributed by atoms with Gasteiger partial charge in [-0.3, -0.25) is 9.62 Å². The topological polar surface area (TPSA) is 110 Å². The van der Waals surface area contributed by atoms with E-state index in [0.717, 1.165) is 59.4 Å². The third-order valence-electron chi connectivity index (χ3n) is 7.53. The predicted octanol–water partition coefficient (Wildman–Crippen LogP) is 6.78. The van der Waals surface area contributed by atoms with Gasteiger partial charge < -0.3 is 10.5 Å². The van der Waals surface area contributed by atoms with Crippen LogP contribution < -0.4 is 15.2 Å². The smallest absolute Gasteiger partial charge is 0.264 e. The molecule has 0 amide bonds. The number of nitrogen functional groups attached to an aromatic ring is 1. The minimum atomic E-state index is -4.42. The Balaban J connectivity index is 1.51. The van der Waals surface area contributed by atoms with E-state index in [9.17, 15) is 17.2 Å². The van der Waals surface area contributed by atoms with Crippen LogP contribution in [-0.2, 0) is 16.6 Å². The summed E-state index contributed by atoms with van der Waals surface area (Å²) in [5, 5.41) is 0.824. The van der Waals surface area contributed by atoms with Gasteiger partial charge in [0.15, 0.2) is 0 Å². The van der Waals surface area contributed by atoms with Crippen LogP contribution in [0.2, 0.25) is 0 Å². The number of nitrogens with one attached hydrogen (secondary N) is 1. The molecule has 0 bridgehead atoms. The van der Waals surface area contributed by atoms with Crippen LogP contribution in [-0.4, -0.2) is 43.5 Å². The van der Waals surface area contributed by atoms with E-state index in [4.69, 9.17) is 10.5 Å². The Labute approximate surface area is 255 Å². The maximum Gasteiger partial charge on any atom is 0.264 e. The van der Waals surface area contributed by atoms with Gasteiger partial charge in [-0.25, -0.2) is 27.2 Å². The lowest BCUT2D eigenvalue weighted by Gasteiger charge is -2.19. The highest BCUT2D eigenvalue weighted by molar-refractivity contribution is 7.92. The zero-order valence-electron chi connectivity index (χ0n) is 24.9. The predicted molar refractivity (Wildman–Crippen MR) is 170 cm³/mol. The molecular formula is C33H33F2N5O3S. The quantitative estimate of drug-likeness (QED) is 0.178. The molecule has 0 aliphatic heterocycles. The number of sulfonamides is 1. The molecule has 0 spiro atoms. The highest BCUT2D eigenvalue weighted by Crippen LogP contribution is 2.35. The van der Waals surface area contributed by atoms with Crippen LogP contribution in [0.3, 0.4) is 0 Å². The van der Waals surface area contributed by atoms with Gasteiger partial charge in [-0.15, -0.1) is 0 Å². The minimum absolute atomic E-state index is 0.00892. The number of methoxy groups -OCH3 is 1. The first-order valence-electron chi connectivity index (χ1n) is 14.1. The van der Waals surface area contributed by atoms with Gasteiger partial charge in [0.25, 0.3) is 10.0 Å². The fourth-order valence-corrected chi connectivity index (χ4v) is 6.27. The lowest BCUT2D eigenvalue weighted by atomic mass is 9.96. The number of aryl methyl sites for hydroxylation is 1. The van der Waals surface area contributed by atoms with Gasteiger partial charge in [-0.2, -0.15) is 0 Å². The molecule has 0 saturated carbocycles. The Kier molecular flexibility index (Phi) is 8.80. The maximum atomic E-state index is 14.3. The van der Waals surface area contributed by atoms with E-state index in [1.54, 1.807) is 6.20 Å². The highest BCUT2D eigenvalue weighted by Gasteiger charge is 2.22. The number of nitrogens with zero attached hydrogens (tertiary/aromatic N) is 3. The summed E-state index contributed by atoms with van der Waals surface area (Å²) in [5.74, 6) is -1.70. The average Bonchev–Trinajstić information content (AvgIpc) is 2.99. The highest BCUT2D eigenvalue weighted by atomic mass is 32.2. The molecule has 5 aromatic rings. The van der Waals surface area contributed by atoms with E-state index in [1.165, 1.54) is 18.7 Å². The number of ether oxygens (including phenoxy) is 1. The zero-order chi connectivity index (χ0) is 31.6. The van der Waals surface area contributed by atoms with E-state index < -0.39 is 26.6 Å². The normalized spacial score (nSPS) is 11.7. The van der Waals surface area contributed by atoms with Gasteiger partial charge in [0.1, 0.15) is 28.0 Å². The monoisotopic (exact) mass is 617 g/mol. The Morgan fingerprint density at radius 1 is 0.932 bits per heavy atom. The van der Waals surface area contributed by atoms with Crippen molar-refractivity contribution in [2.24, 2.45) is 0 Å². The summed E-state index contributed by atoms with van der Waals surface area (Å²) in [6, 6.07) is 17.7. The van der Waals surface area contributed by atoms with Crippen LogP contribution in [0, 0.1) is 18.6 Å². The molecular weight excluding hydrogens is 584 g/mol. The van der Waals surface area contributed by atoms with Crippen LogP contribution in [0.5, 0.6) is 5.88 Å². The third-order valence-corrected chi connectivity index (χ3v) is 8.93. The Hall–Kier alpha value is -4.61. The van der Waals surface area contributed by atoms with Crippen molar-refractivity contribution in [3.05, 3.63) is 95.7 Å². The van der Waals surface area contributed by atoms with Crippen molar-refractivity contribution >= 4 is 32.4 Å². The van der Waals surface area contributed by atoms with Gasteiger partial charge in [0.05, 0.1) is 12.6 Å². The fourth-order valence-electron chi connectivity index (χ4n) is 5.16. The number of benzene rings is 3. The molecule has 5 rings (SSSR count). The van der Waals surface area contributed by atoms with Crippen molar-refractivity contribution in [1.82, 2.24) is 14.9 Å². The molecule has 0 unspecified atom stereocenters. The Bertz CT molecular complexity index is 1960. The summed E-state index contributed by atoms with van der Waals surface area (Å²) < 4.78 is 61.2. The van der Waals surface area contributed by atoms with E-state index >= 15 is 0 Å². The Morgan fingerprint density at radius 3 is 2.39 bits per heavy atom. The van der Waals surface area contributed by atoms with Crippen LogP contribution in [0.15, 0.2) is 77.8 Å². The van der Waals surface area contributed by atoms with Crippen molar-refractivity contribution < 1.29 is 21.9 Å². The van der Waals surface area contributed by atoms with Gasteiger partial charge in [-0.1, -0.05) is 38.1 Å². The zero-order valence-corrected chi connectivity index (χ0v) is 25.7. The van der Waals surface area contributed by atoms with E-state index in [-0.39, 0.29) is 11.6 Å². The van der Waals surface area contributed by atoms with Gasteiger partial charge in [0, 0.05) is 35.3 Å². The number of pyridine rings is 2. The standard InChI is InChI=1S/C33H33F2N5O3S/c1-5-40(6-2)19-21-7-10-26(20(3)13-21)27-15-23-14-22(8-11-29(23)38-32(27)36)24-16-30(33(43-4)37-18-24)39-44(41,42)31-12-9-25(34)17-28(31)35/h7-18,39H,5-6,19H2,1-4H3,(H2,36,38). The molecule has 0 fully saturated rings. The minimum Gasteiger partial charge on any atom is -0.480 e. The van der Waals surface area contributed by atoms with Gasteiger partial charge >= 0.3 is 0 Å². The molecule has 2 aromatic heterocycles. The number of hydrogen-bond donors (Lipinski definition) is 2. The van der Waals surface area contributed by atoms with E-state index in [1.807, 2.05) is 24.3 Å². The van der Waals surface area contributed by atoms with Crippen molar-refractivity contribution in [3.63, 3.8) is 0 Å². The summed E-state index contributed by atoms with van der Waals surface area (Å²) in [6.07, 6.45) is 1.54. The molecule has 0 aliphatic rings. The summed E-state index contributed by atoms with van der Waals surface area (Å²) in [5.41, 5.74) is 12.5. The average molecular weight is 618 g/mol.